The maximum Gasteiger partial charge on any atom is 0.0452 e. The molecular formula is C10H14N2S. The van der Waals surface area contributed by atoms with Crippen LogP contribution in [0.25, 0.3) is 4.91 Å². The second kappa shape index (κ2) is 4.94. The van der Waals surface area contributed by atoms with Gasteiger partial charge >= 0.3 is 0 Å². The van der Waals surface area contributed by atoms with Crippen molar-refractivity contribution in [2.75, 3.05) is 0 Å². The Labute approximate surface area is 83.1 Å². The van der Waals surface area contributed by atoms with Crippen LogP contribution in [-0.4, -0.2) is 0 Å². The molecule has 0 aliphatic heterocycles. The molecule has 2 nitrogen and oxygen atoms in total. The van der Waals surface area contributed by atoms with E-state index < -0.39 is 0 Å². The van der Waals surface area contributed by atoms with Crippen molar-refractivity contribution in [3.63, 3.8) is 0 Å². The molecule has 0 atom stereocenters. The zero-order valence-electron chi connectivity index (χ0n) is 7.66. The highest BCUT2D eigenvalue weighted by atomic mass is 32.2. The van der Waals surface area contributed by atoms with Gasteiger partial charge in [0.15, 0.2) is 0 Å². The highest BCUT2D eigenvalue weighted by molar-refractivity contribution is 8.06. The molecule has 0 aliphatic rings. The van der Waals surface area contributed by atoms with Gasteiger partial charge in [-0.15, -0.1) is 0 Å². The van der Waals surface area contributed by atoms with Crippen LogP contribution in [0.4, 0.5) is 0 Å². The third-order valence-electron chi connectivity index (χ3n) is 1.93. The summed E-state index contributed by atoms with van der Waals surface area (Å²) in [4.78, 5) is 0.905. The van der Waals surface area contributed by atoms with Gasteiger partial charge in [0.05, 0.1) is 0 Å². The van der Waals surface area contributed by atoms with Gasteiger partial charge in [-0.05, 0) is 29.5 Å². The Balaban J connectivity index is 2.91. The fraction of sp³-hybridized carbons (Fsp3) is 0.200. The van der Waals surface area contributed by atoms with E-state index in [1.807, 2.05) is 12.1 Å². The van der Waals surface area contributed by atoms with E-state index in [9.17, 15) is 0 Å². The lowest BCUT2D eigenvalue weighted by Crippen LogP contribution is -1.90. The maximum atomic E-state index is 5.45. The SMILES string of the molecule is CCc1ccc(/C(=C/N)SN)cc1. The summed E-state index contributed by atoms with van der Waals surface area (Å²) in [6.45, 7) is 2.13. The Bertz CT molecular complexity index is 290. The summed E-state index contributed by atoms with van der Waals surface area (Å²) in [5.74, 6) is 0. The standard InChI is InChI=1S/C10H14N2S/c1-2-8-3-5-9(6-4-8)10(7-11)13-12/h3-7H,2,11-12H2,1H3/b10-7-. The molecule has 0 saturated carbocycles. The Morgan fingerprint density at radius 1 is 1.38 bits per heavy atom. The van der Waals surface area contributed by atoms with Gasteiger partial charge in [-0.2, -0.15) is 0 Å². The second-order valence-corrected chi connectivity index (χ2v) is 3.37. The third kappa shape index (κ3) is 2.50. The zero-order valence-corrected chi connectivity index (χ0v) is 8.47. The monoisotopic (exact) mass is 194 g/mol. The molecule has 70 valence electrons. The third-order valence-corrected chi connectivity index (χ3v) is 2.55. The summed E-state index contributed by atoms with van der Waals surface area (Å²) in [6.07, 6.45) is 2.59. The highest BCUT2D eigenvalue weighted by Gasteiger charge is 1.98. The number of hydrogen-bond donors (Lipinski definition) is 2. The first-order valence-corrected chi connectivity index (χ1v) is 5.07. The lowest BCUT2D eigenvalue weighted by molar-refractivity contribution is 1.14. The Kier molecular flexibility index (Phi) is 3.86. The molecule has 0 unspecified atom stereocenters. The van der Waals surface area contributed by atoms with Crippen molar-refractivity contribution in [1.82, 2.24) is 0 Å². The van der Waals surface area contributed by atoms with E-state index >= 15 is 0 Å². The van der Waals surface area contributed by atoms with Crippen molar-refractivity contribution in [2.45, 2.75) is 13.3 Å². The second-order valence-electron chi connectivity index (χ2n) is 2.70. The van der Waals surface area contributed by atoms with E-state index in [1.165, 1.54) is 23.7 Å². The average molecular weight is 194 g/mol. The molecule has 0 radical (unpaired) electrons. The summed E-state index contributed by atoms with van der Waals surface area (Å²) < 4.78 is 0. The van der Waals surface area contributed by atoms with Crippen LogP contribution >= 0.6 is 11.9 Å². The van der Waals surface area contributed by atoms with E-state index in [2.05, 4.69) is 19.1 Å². The lowest BCUT2D eigenvalue weighted by atomic mass is 10.1. The summed E-state index contributed by atoms with van der Waals surface area (Å²) in [5.41, 5.74) is 7.82. The molecular weight excluding hydrogens is 180 g/mol. The van der Waals surface area contributed by atoms with Crippen LogP contribution in [0.2, 0.25) is 0 Å². The average Bonchev–Trinajstić information content (AvgIpc) is 2.21. The molecule has 0 fully saturated rings. The van der Waals surface area contributed by atoms with Crippen LogP contribution in [0.1, 0.15) is 18.1 Å². The molecule has 0 bridgehead atoms. The van der Waals surface area contributed by atoms with Crippen molar-refractivity contribution < 1.29 is 0 Å². The Morgan fingerprint density at radius 3 is 2.38 bits per heavy atom. The van der Waals surface area contributed by atoms with Gasteiger partial charge in [0.2, 0.25) is 0 Å². The predicted molar refractivity (Wildman–Crippen MR) is 59.8 cm³/mol. The fourth-order valence-electron chi connectivity index (χ4n) is 1.11. The Morgan fingerprint density at radius 2 is 2.00 bits per heavy atom. The molecule has 4 N–H and O–H groups in total. The number of benzene rings is 1. The molecule has 1 rings (SSSR count). The van der Waals surface area contributed by atoms with Crippen LogP contribution in [0.15, 0.2) is 30.5 Å². The van der Waals surface area contributed by atoms with Gasteiger partial charge in [-0.25, -0.2) is 0 Å². The van der Waals surface area contributed by atoms with Crippen molar-refractivity contribution in [3.05, 3.63) is 41.6 Å². The smallest absolute Gasteiger partial charge is 0.0452 e. The van der Waals surface area contributed by atoms with Crippen LogP contribution in [0.3, 0.4) is 0 Å². The van der Waals surface area contributed by atoms with E-state index in [-0.39, 0.29) is 0 Å². The molecule has 0 heterocycles. The molecule has 0 amide bonds. The number of hydrogen-bond acceptors (Lipinski definition) is 3. The molecule has 0 aliphatic carbocycles. The molecule has 3 heteroatoms. The summed E-state index contributed by atoms with van der Waals surface area (Å²) in [5, 5.41) is 5.45. The number of nitrogens with two attached hydrogens (primary N) is 2. The molecule has 13 heavy (non-hydrogen) atoms. The summed E-state index contributed by atoms with van der Waals surface area (Å²) >= 11 is 1.17. The van der Waals surface area contributed by atoms with E-state index in [4.69, 9.17) is 10.9 Å². The minimum atomic E-state index is 0.905. The first-order valence-electron chi connectivity index (χ1n) is 4.19. The maximum absolute atomic E-state index is 5.45. The minimum Gasteiger partial charge on any atom is -0.404 e. The van der Waals surface area contributed by atoms with Crippen molar-refractivity contribution >= 4 is 16.9 Å². The topological polar surface area (TPSA) is 52.0 Å². The van der Waals surface area contributed by atoms with Gasteiger partial charge in [0.1, 0.15) is 0 Å². The van der Waals surface area contributed by atoms with Crippen LogP contribution < -0.4 is 10.9 Å². The van der Waals surface area contributed by atoms with Crippen molar-refractivity contribution in [3.8, 4) is 0 Å². The van der Waals surface area contributed by atoms with Gasteiger partial charge in [0, 0.05) is 11.1 Å². The zero-order chi connectivity index (χ0) is 9.68. The summed E-state index contributed by atoms with van der Waals surface area (Å²) in [6, 6.07) is 8.26. The largest absolute Gasteiger partial charge is 0.404 e. The highest BCUT2D eigenvalue weighted by Crippen LogP contribution is 2.21. The van der Waals surface area contributed by atoms with Gasteiger partial charge in [-0.1, -0.05) is 31.2 Å². The molecule has 0 aromatic heterocycles. The number of aryl methyl sites for hydroxylation is 1. The van der Waals surface area contributed by atoms with E-state index in [0.717, 1.165) is 16.9 Å². The molecule has 1 aromatic carbocycles. The molecule has 0 spiro atoms. The van der Waals surface area contributed by atoms with Crippen molar-refractivity contribution in [1.29, 1.82) is 0 Å². The normalized spacial score (nSPS) is 11.7. The van der Waals surface area contributed by atoms with Crippen LogP contribution in [0, 0.1) is 0 Å². The minimum absolute atomic E-state index is 0.905. The lowest BCUT2D eigenvalue weighted by Gasteiger charge is -2.03. The molecule has 1 aromatic rings. The van der Waals surface area contributed by atoms with Gasteiger partial charge < -0.3 is 5.73 Å². The quantitative estimate of drug-likeness (QED) is 0.725. The first kappa shape index (κ1) is 10.2. The molecule has 0 saturated heterocycles. The predicted octanol–water partition coefficient (Wildman–Crippen LogP) is 2.11. The fourth-order valence-corrected chi connectivity index (χ4v) is 1.46. The Hall–Kier alpha value is -0.930. The van der Waals surface area contributed by atoms with E-state index in [1.54, 1.807) is 0 Å². The first-order chi connectivity index (χ1) is 6.31. The van der Waals surface area contributed by atoms with Gasteiger partial charge in [0.25, 0.3) is 0 Å². The van der Waals surface area contributed by atoms with Crippen LogP contribution in [-0.2, 0) is 6.42 Å². The van der Waals surface area contributed by atoms with Crippen LogP contribution in [0.5, 0.6) is 0 Å². The van der Waals surface area contributed by atoms with Gasteiger partial charge in [-0.3, -0.25) is 5.14 Å². The number of rotatable bonds is 3. The summed E-state index contributed by atoms with van der Waals surface area (Å²) in [7, 11) is 0. The van der Waals surface area contributed by atoms with Crippen molar-refractivity contribution in [2.24, 2.45) is 10.9 Å². The van der Waals surface area contributed by atoms with E-state index in [0.29, 0.717) is 0 Å².